The molecule has 4 nitrogen and oxygen atoms in total. The van der Waals surface area contributed by atoms with E-state index >= 15 is 0 Å². The summed E-state index contributed by atoms with van der Waals surface area (Å²) < 4.78 is 29.6. The topological polar surface area (TPSA) is 44.8 Å². The summed E-state index contributed by atoms with van der Waals surface area (Å²) in [6.07, 6.45) is 0. The lowest BCUT2D eigenvalue weighted by Gasteiger charge is -2.16. The first-order valence-corrected chi connectivity index (χ1v) is 6.02. The van der Waals surface area contributed by atoms with Crippen LogP contribution in [0.15, 0.2) is 12.1 Å². The molecule has 0 unspecified atom stereocenters. The van der Waals surface area contributed by atoms with Crippen molar-refractivity contribution in [3.05, 3.63) is 29.1 Å². The summed E-state index contributed by atoms with van der Waals surface area (Å²) in [7, 11) is 0.631. The smallest absolute Gasteiger partial charge is 0.465 e. The van der Waals surface area contributed by atoms with Crippen molar-refractivity contribution in [3.63, 3.8) is 0 Å². The molecule has 0 bridgehead atoms. The number of ether oxygens (including phenoxy) is 1. The molecule has 1 aliphatic heterocycles. The molecule has 0 spiro atoms. The van der Waals surface area contributed by atoms with E-state index in [1.807, 2.05) is 13.8 Å². The minimum Gasteiger partial charge on any atom is -0.465 e. The largest absolute Gasteiger partial charge is 0.494 e. The summed E-state index contributed by atoms with van der Waals surface area (Å²) in [5, 5.41) is 0. The van der Waals surface area contributed by atoms with Crippen LogP contribution in [-0.2, 0) is 14.0 Å². The first-order chi connectivity index (χ1) is 8.84. The fourth-order valence-electron chi connectivity index (χ4n) is 2.00. The van der Waals surface area contributed by atoms with E-state index in [4.69, 9.17) is 9.31 Å². The van der Waals surface area contributed by atoms with E-state index in [9.17, 15) is 9.18 Å². The van der Waals surface area contributed by atoms with Crippen LogP contribution in [0, 0.1) is 12.7 Å². The molecule has 0 aliphatic carbocycles. The summed E-state index contributed by atoms with van der Waals surface area (Å²) in [6, 6.07) is 2.72. The molecule has 2 rings (SSSR count). The highest BCUT2D eigenvalue weighted by atomic mass is 19.1. The van der Waals surface area contributed by atoms with E-state index in [2.05, 4.69) is 4.74 Å². The molecular weight excluding hydrogens is 250 g/mol. The maximum atomic E-state index is 13.7. The van der Waals surface area contributed by atoms with Crippen molar-refractivity contribution in [1.29, 1.82) is 0 Å². The van der Waals surface area contributed by atoms with Crippen LogP contribution in [0.4, 0.5) is 4.39 Å². The Morgan fingerprint density at radius 2 is 2.16 bits per heavy atom. The molecule has 1 aromatic carbocycles. The van der Waals surface area contributed by atoms with Crippen LogP contribution in [-0.4, -0.2) is 32.4 Å². The Balaban J connectivity index is 2.38. The number of benzene rings is 1. The van der Waals surface area contributed by atoms with Crippen LogP contribution in [0.5, 0.6) is 0 Å². The van der Waals surface area contributed by atoms with E-state index in [1.165, 1.54) is 19.2 Å². The second-order valence-electron chi connectivity index (χ2n) is 5.20. The van der Waals surface area contributed by atoms with Gasteiger partial charge in [0.05, 0.1) is 24.9 Å². The molecule has 1 heterocycles. The quantitative estimate of drug-likeness (QED) is 0.600. The van der Waals surface area contributed by atoms with Crippen molar-refractivity contribution >= 4 is 18.6 Å². The molecule has 0 radical (unpaired) electrons. The number of hydrogen-bond acceptors (Lipinski definition) is 4. The minimum atomic E-state index is -0.712. The first-order valence-electron chi connectivity index (χ1n) is 6.02. The maximum absolute atomic E-state index is 13.7. The van der Waals surface area contributed by atoms with Gasteiger partial charge in [0.1, 0.15) is 5.82 Å². The average molecular weight is 266 g/mol. The molecule has 19 heavy (non-hydrogen) atoms. The summed E-state index contributed by atoms with van der Waals surface area (Å²) in [4.78, 5) is 11.5. The SMILES string of the molecule is COC(=O)c1cc(B2OCC(C)(C)O2)c(C)cc1F. The van der Waals surface area contributed by atoms with Crippen molar-refractivity contribution in [2.75, 3.05) is 13.7 Å². The Morgan fingerprint density at radius 1 is 1.47 bits per heavy atom. The maximum Gasteiger partial charge on any atom is 0.494 e. The Kier molecular flexibility index (Phi) is 3.65. The number of hydrogen-bond donors (Lipinski definition) is 0. The zero-order valence-electron chi connectivity index (χ0n) is 11.5. The molecule has 1 aromatic rings. The van der Waals surface area contributed by atoms with Crippen LogP contribution < -0.4 is 5.46 Å². The van der Waals surface area contributed by atoms with E-state index in [0.717, 1.165) is 0 Å². The standard InChI is InChI=1S/C13H16BFO4/c1-8-5-11(15)9(12(16)17-4)6-10(8)14-18-7-13(2,3)19-14/h5-6H,7H2,1-4H3. The zero-order chi connectivity index (χ0) is 14.2. The molecular formula is C13H16BFO4. The van der Waals surface area contributed by atoms with Gasteiger partial charge in [-0.3, -0.25) is 0 Å². The highest BCUT2D eigenvalue weighted by Gasteiger charge is 2.39. The van der Waals surface area contributed by atoms with Gasteiger partial charge >= 0.3 is 13.1 Å². The number of methoxy groups -OCH3 is 1. The van der Waals surface area contributed by atoms with Crippen LogP contribution in [0.2, 0.25) is 0 Å². The van der Waals surface area contributed by atoms with Crippen molar-refractivity contribution in [2.45, 2.75) is 26.4 Å². The lowest BCUT2D eigenvalue weighted by atomic mass is 9.75. The number of carbonyl (C=O) groups excluding carboxylic acids is 1. The van der Waals surface area contributed by atoms with Crippen molar-refractivity contribution in [3.8, 4) is 0 Å². The van der Waals surface area contributed by atoms with E-state index < -0.39 is 24.5 Å². The highest BCUT2D eigenvalue weighted by Crippen LogP contribution is 2.21. The van der Waals surface area contributed by atoms with E-state index in [0.29, 0.717) is 17.6 Å². The monoisotopic (exact) mass is 266 g/mol. The zero-order valence-corrected chi connectivity index (χ0v) is 11.5. The Bertz CT molecular complexity index is 516. The van der Waals surface area contributed by atoms with E-state index in [-0.39, 0.29) is 5.56 Å². The fraction of sp³-hybridized carbons (Fsp3) is 0.462. The van der Waals surface area contributed by atoms with Crippen LogP contribution in [0.25, 0.3) is 0 Å². The van der Waals surface area contributed by atoms with E-state index in [1.54, 1.807) is 6.92 Å². The van der Waals surface area contributed by atoms with Gasteiger partial charge in [-0.05, 0) is 43.9 Å². The van der Waals surface area contributed by atoms with Gasteiger partial charge in [0.2, 0.25) is 0 Å². The molecule has 1 fully saturated rings. The molecule has 102 valence electrons. The molecule has 0 saturated carbocycles. The number of carbonyl (C=O) groups is 1. The second-order valence-corrected chi connectivity index (χ2v) is 5.20. The number of aryl methyl sites for hydroxylation is 1. The molecule has 0 atom stereocenters. The van der Waals surface area contributed by atoms with Crippen LogP contribution in [0.1, 0.15) is 29.8 Å². The second kappa shape index (κ2) is 4.94. The van der Waals surface area contributed by atoms with Gasteiger partial charge in [-0.2, -0.15) is 0 Å². The molecule has 0 amide bonds. The summed E-state index contributed by atoms with van der Waals surface area (Å²) >= 11 is 0. The number of halogens is 1. The van der Waals surface area contributed by atoms with Crippen molar-refractivity contribution in [2.24, 2.45) is 0 Å². The Morgan fingerprint density at radius 3 is 2.68 bits per heavy atom. The third kappa shape index (κ3) is 2.79. The number of rotatable bonds is 2. The number of esters is 1. The average Bonchev–Trinajstić information content (AvgIpc) is 2.68. The molecule has 0 N–H and O–H groups in total. The lowest BCUT2D eigenvalue weighted by molar-refractivity contribution is 0.0595. The molecule has 1 aliphatic rings. The fourth-order valence-corrected chi connectivity index (χ4v) is 2.00. The van der Waals surface area contributed by atoms with Gasteiger partial charge in [0.25, 0.3) is 0 Å². The lowest BCUT2D eigenvalue weighted by Crippen LogP contribution is -2.37. The molecule has 0 aromatic heterocycles. The Hall–Kier alpha value is -1.40. The third-order valence-corrected chi connectivity index (χ3v) is 3.02. The predicted octanol–water partition coefficient (Wildman–Crippen LogP) is 1.44. The van der Waals surface area contributed by atoms with Gasteiger partial charge < -0.3 is 14.0 Å². The predicted molar refractivity (Wildman–Crippen MR) is 69.0 cm³/mol. The molecule has 6 heteroatoms. The van der Waals surface area contributed by atoms with Gasteiger partial charge in [-0.1, -0.05) is 0 Å². The minimum absolute atomic E-state index is 0.111. The first kappa shape index (κ1) is 14.0. The van der Waals surface area contributed by atoms with Gasteiger partial charge in [-0.15, -0.1) is 0 Å². The highest BCUT2D eigenvalue weighted by molar-refractivity contribution is 6.62. The molecule has 1 saturated heterocycles. The van der Waals surface area contributed by atoms with Crippen molar-refractivity contribution < 1.29 is 23.2 Å². The summed E-state index contributed by atoms with van der Waals surface area (Å²) in [5.74, 6) is -1.32. The third-order valence-electron chi connectivity index (χ3n) is 3.02. The van der Waals surface area contributed by atoms with Crippen LogP contribution >= 0.6 is 0 Å². The normalized spacial score (nSPS) is 17.6. The summed E-state index contributed by atoms with van der Waals surface area (Å²) in [5.41, 5.74) is 0.817. The van der Waals surface area contributed by atoms with Crippen molar-refractivity contribution in [1.82, 2.24) is 0 Å². The van der Waals surface area contributed by atoms with Gasteiger partial charge in [0.15, 0.2) is 0 Å². The van der Waals surface area contributed by atoms with Gasteiger partial charge in [-0.25, -0.2) is 9.18 Å². The Labute approximate surface area is 112 Å². The summed E-state index contributed by atoms with van der Waals surface area (Å²) in [6.45, 7) is 6.01. The van der Waals surface area contributed by atoms with Crippen LogP contribution in [0.3, 0.4) is 0 Å². The van der Waals surface area contributed by atoms with Gasteiger partial charge in [0, 0.05) is 0 Å².